The minimum absolute atomic E-state index is 0.0707. The Bertz CT molecular complexity index is 576. The molecule has 4 unspecified atom stereocenters. The number of carboxylic acid groups (broad SMARTS) is 1. The Morgan fingerprint density at radius 3 is 2.64 bits per heavy atom. The van der Waals surface area contributed by atoms with Crippen LogP contribution in [0.3, 0.4) is 0 Å². The average molecular weight is 393 g/mol. The molecular formula is C23H36O5. The van der Waals surface area contributed by atoms with Crippen LogP contribution in [-0.4, -0.2) is 39.3 Å². The van der Waals surface area contributed by atoms with Crippen molar-refractivity contribution in [1.82, 2.24) is 0 Å². The van der Waals surface area contributed by atoms with E-state index in [2.05, 4.69) is 6.92 Å². The molecule has 158 valence electrons. The number of ketones is 1. The first-order valence-corrected chi connectivity index (χ1v) is 10.8. The van der Waals surface area contributed by atoms with Crippen molar-refractivity contribution in [1.29, 1.82) is 0 Å². The third kappa shape index (κ3) is 6.02. The zero-order chi connectivity index (χ0) is 20.6. The molecule has 0 aliphatic heterocycles. The molecular weight excluding hydrogens is 356 g/mol. The number of unbranched alkanes of at least 4 members (excludes halogenated alkanes) is 1. The van der Waals surface area contributed by atoms with Crippen LogP contribution in [0.5, 0.6) is 0 Å². The van der Waals surface area contributed by atoms with E-state index < -0.39 is 12.1 Å². The number of aliphatic hydroxyl groups is 2. The molecule has 2 aliphatic rings. The largest absolute Gasteiger partial charge is 0.481 e. The number of aliphatic carboxylic acids is 1. The topological polar surface area (TPSA) is 94.8 Å². The summed E-state index contributed by atoms with van der Waals surface area (Å²) in [7, 11) is 0. The number of hydrogen-bond acceptors (Lipinski definition) is 4. The molecule has 2 aliphatic carbocycles. The highest BCUT2D eigenvalue weighted by Gasteiger charge is 2.42. The predicted octanol–water partition coefficient (Wildman–Crippen LogP) is 4.03. The second-order valence-corrected chi connectivity index (χ2v) is 8.56. The molecule has 5 heteroatoms. The van der Waals surface area contributed by atoms with E-state index in [0.717, 1.165) is 25.7 Å². The molecule has 0 heterocycles. The first kappa shape index (κ1) is 22.8. The van der Waals surface area contributed by atoms with Gasteiger partial charge in [-0.25, -0.2) is 0 Å². The summed E-state index contributed by atoms with van der Waals surface area (Å²) in [5.74, 6) is -1.14. The van der Waals surface area contributed by atoms with Crippen LogP contribution in [0.1, 0.15) is 77.6 Å². The standard InChI is InChI=1S/C23H36O5/c1-2-13-23(14-8-15-23)21(26)11-7-10-18-17(19(24)16-20(18)25)9-5-3-4-6-12-22(27)28/h3,5,7,10,17-18,20-21,25-26H,2,4,6,8-9,11-16H2,1H3,(H,27,28). The lowest BCUT2D eigenvalue weighted by atomic mass is 9.62. The van der Waals surface area contributed by atoms with E-state index in [-0.39, 0.29) is 42.0 Å². The molecule has 0 bridgehead atoms. The molecule has 2 fully saturated rings. The summed E-state index contributed by atoms with van der Waals surface area (Å²) >= 11 is 0. The molecule has 28 heavy (non-hydrogen) atoms. The molecule has 4 atom stereocenters. The Morgan fingerprint density at radius 2 is 2.04 bits per heavy atom. The van der Waals surface area contributed by atoms with Gasteiger partial charge in [-0.2, -0.15) is 0 Å². The third-order valence-electron chi connectivity index (χ3n) is 6.57. The van der Waals surface area contributed by atoms with Gasteiger partial charge < -0.3 is 15.3 Å². The summed E-state index contributed by atoms with van der Waals surface area (Å²) in [6, 6.07) is 0. The highest BCUT2D eigenvalue weighted by molar-refractivity contribution is 5.84. The molecule has 5 nitrogen and oxygen atoms in total. The second-order valence-electron chi connectivity index (χ2n) is 8.56. The molecule has 0 saturated heterocycles. The fraction of sp³-hybridized carbons (Fsp3) is 0.739. The van der Waals surface area contributed by atoms with E-state index in [9.17, 15) is 19.8 Å². The zero-order valence-corrected chi connectivity index (χ0v) is 17.1. The first-order chi connectivity index (χ1) is 13.4. The van der Waals surface area contributed by atoms with Crippen molar-refractivity contribution in [2.45, 2.75) is 89.8 Å². The maximum absolute atomic E-state index is 12.2. The number of aliphatic hydroxyl groups excluding tert-OH is 2. The van der Waals surface area contributed by atoms with Gasteiger partial charge in [0.05, 0.1) is 12.2 Å². The van der Waals surface area contributed by atoms with Gasteiger partial charge in [-0.3, -0.25) is 9.59 Å². The summed E-state index contributed by atoms with van der Waals surface area (Å²) in [5.41, 5.74) is 0.0707. The molecule has 0 aromatic heterocycles. The number of hydrogen-bond donors (Lipinski definition) is 3. The number of rotatable bonds is 12. The van der Waals surface area contributed by atoms with Gasteiger partial charge in [0.2, 0.25) is 0 Å². The van der Waals surface area contributed by atoms with Gasteiger partial charge in [0, 0.05) is 24.7 Å². The maximum atomic E-state index is 12.2. The normalized spacial score (nSPS) is 28.1. The van der Waals surface area contributed by atoms with Crippen LogP contribution in [0.25, 0.3) is 0 Å². The summed E-state index contributed by atoms with van der Waals surface area (Å²) in [5, 5.41) is 29.6. The number of carbonyl (C=O) groups excluding carboxylic acids is 1. The molecule has 0 spiro atoms. The van der Waals surface area contributed by atoms with E-state index >= 15 is 0 Å². The van der Waals surface area contributed by atoms with E-state index in [1.165, 1.54) is 6.42 Å². The van der Waals surface area contributed by atoms with Gasteiger partial charge in [0.25, 0.3) is 0 Å². The molecule has 2 rings (SSSR count). The molecule has 0 amide bonds. The van der Waals surface area contributed by atoms with E-state index in [1.54, 1.807) is 0 Å². The lowest BCUT2D eigenvalue weighted by Crippen LogP contribution is -2.41. The van der Waals surface area contributed by atoms with Crippen molar-refractivity contribution in [3.05, 3.63) is 24.3 Å². The summed E-state index contributed by atoms with van der Waals surface area (Å²) in [6.45, 7) is 2.16. The summed E-state index contributed by atoms with van der Waals surface area (Å²) < 4.78 is 0. The van der Waals surface area contributed by atoms with Crippen molar-refractivity contribution in [2.75, 3.05) is 0 Å². The molecule has 0 aromatic carbocycles. The number of Topliss-reactive ketones (excluding diaryl/α,β-unsaturated/α-hetero) is 1. The first-order valence-electron chi connectivity index (χ1n) is 10.8. The molecule has 0 aromatic rings. The van der Waals surface area contributed by atoms with Gasteiger partial charge in [-0.05, 0) is 50.4 Å². The number of allylic oxidation sites excluding steroid dienone is 2. The van der Waals surface area contributed by atoms with Crippen molar-refractivity contribution in [2.24, 2.45) is 17.3 Å². The third-order valence-corrected chi connectivity index (χ3v) is 6.57. The van der Waals surface area contributed by atoms with Gasteiger partial charge >= 0.3 is 5.97 Å². The smallest absolute Gasteiger partial charge is 0.303 e. The fourth-order valence-corrected chi connectivity index (χ4v) is 4.75. The Morgan fingerprint density at radius 1 is 1.29 bits per heavy atom. The molecule has 2 saturated carbocycles. The van der Waals surface area contributed by atoms with Crippen LogP contribution in [0, 0.1) is 17.3 Å². The average Bonchev–Trinajstić information content (AvgIpc) is 2.87. The number of carboxylic acids is 1. The van der Waals surface area contributed by atoms with Gasteiger partial charge in [-0.1, -0.05) is 44.1 Å². The second kappa shape index (κ2) is 10.9. The van der Waals surface area contributed by atoms with Crippen molar-refractivity contribution in [3.8, 4) is 0 Å². The number of carbonyl (C=O) groups is 2. The Hall–Kier alpha value is -1.46. The van der Waals surface area contributed by atoms with Crippen molar-refractivity contribution in [3.63, 3.8) is 0 Å². The predicted molar refractivity (Wildman–Crippen MR) is 109 cm³/mol. The minimum Gasteiger partial charge on any atom is -0.481 e. The Labute approximate surface area is 168 Å². The zero-order valence-electron chi connectivity index (χ0n) is 17.1. The van der Waals surface area contributed by atoms with Crippen molar-refractivity contribution < 1.29 is 24.9 Å². The van der Waals surface area contributed by atoms with Crippen LogP contribution >= 0.6 is 0 Å². The molecule has 3 N–H and O–H groups in total. The minimum atomic E-state index is -0.794. The SMILES string of the molecule is CCCC1(C(O)CC=CC2C(O)CC(=O)C2CC=CCCCC(=O)O)CCC1. The van der Waals surface area contributed by atoms with E-state index in [4.69, 9.17) is 5.11 Å². The molecule has 0 radical (unpaired) electrons. The Kier molecular flexibility index (Phi) is 8.90. The van der Waals surface area contributed by atoms with Gasteiger partial charge in [-0.15, -0.1) is 0 Å². The quantitative estimate of drug-likeness (QED) is 0.344. The summed E-state index contributed by atoms with van der Waals surface area (Å²) in [4.78, 5) is 22.8. The van der Waals surface area contributed by atoms with Crippen LogP contribution in [0.2, 0.25) is 0 Å². The summed E-state index contributed by atoms with van der Waals surface area (Å²) in [6.07, 6.45) is 15.0. The lowest BCUT2D eigenvalue weighted by Gasteiger charge is -2.45. The van der Waals surface area contributed by atoms with Gasteiger partial charge in [0.15, 0.2) is 0 Å². The van der Waals surface area contributed by atoms with E-state index in [1.807, 2.05) is 24.3 Å². The highest BCUT2D eigenvalue weighted by Crippen LogP contribution is 2.48. The van der Waals surface area contributed by atoms with Crippen LogP contribution in [0.15, 0.2) is 24.3 Å². The van der Waals surface area contributed by atoms with Crippen LogP contribution in [-0.2, 0) is 9.59 Å². The van der Waals surface area contributed by atoms with Crippen LogP contribution in [0.4, 0.5) is 0 Å². The van der Waals surface area contributed by atoms with Crippen LogP contribution < -0.4 is 0 Å². The van der Waals surface area contributed by atoms with Crippen molar-refractivity contribution >= 4 is 11.8 Å². The fourth-order valence-electron chi connectivity index (χ4n) is 4.75. The highest BCUT2D eigenvalue weighted by atomic mass is 16.4. The monoisotopic (exact) mass is 392 g/mol. The Balaban J connectivity index is 1.85. The lowest BCUT2D eigenvalue weighted by molar-refractivity contribution is -0.137. The van der Waals surface area contributed by atoms with Gasteiger partial charge in [0.1, 0.15) is 5.78 Å². The van der Waals surface area contributed by atoms with E-state index in [0.29, 0.717) is 25.7 Å². The maximum Gasteiger partial charge on any atom is 0.303 e.